The maximum absolute atomic E-state index is 12.7. The van der Waals surface area contributed by atoms with E-state index in [0.717, 1.165) is 28.0 Å². The largest absolute Gasteiger partial charge is 0.457 e. The highest BCUT2D eigenvalue weighted by Crippen LogP contribution is 2.42. The molecule has 276 valence electrons. The zero-order chi connectivity index (χ0) is 37.4. The fraction of sp³-hybridized carbons (Fsp3) is 0.239. The van der Waals surface area contributed by atoms with E-state index in [-0.39, 0.29) is 36.8 Å². The van der Waals surface area contributed by atoms with Crippen molar-refractivity contribution in [3.63, 3.8) is 0 Å². The Morgan fingerprint density at radius 2 is 1.41 bits per heavy atom. The highest BCUT2D eigenvalue weighted by atomic mass is 16.7. The summed E-state index contributed by atoms with van der Waals surface area (Å²) in [5, 5.41) is 17.9. The van der Waals surface area contributed by atoms with E-state index in [1.54, 1.807) is 12.1 Å². The normalized spacial score (nSPS) is 19.0. The van der Waals surface area contributed by atoms with Crippen molar-refractivity contribution in [2.75, 3.05) is 18.9 Å². The summed E-state index contributed by atoms with van der Waals surface area (Å²) in [6.07, 6.45) is -0.921. The van der Waals surface area contributed by atoms with E-state index >= 15 is 0 Å². The Kier molecular flexibility index (Phi) is 11.7. The van der Waals surface area contributed by atoms with Crippen molar-refractivity contribution in [1.29, 1.82) is 0 Å². The van der Waals surface area contributed by atoms with Gasteiger partial charge in [0.2, 0.25) is 0 Å². The topological polar surface area (TPSA) is 92.3 Å². The molecule has 1 heterocycles. The molecule has 5 atom stereocenters. The number of nitrogens with zero attached hydrogens (tertiary/aromatic N) is 1. The summed E-state index contributed by atoms with van der Waals surface area (Å²) in [4.78, 5) is 15.1. The average molecular weight is 722 g/mol. The van der Waals surface area contributed by atoms with Crippen molar-refractivity contribution < 1.29 is 24.1 Å². The fourth-order valence-electron chi connectivity index (χ4n) is 6.87. The van der Waals surface area contributed by atoms with E-state index in [0.29, 0.717) is 24.5 Å². The van der Waals surface area contributed by atoms with Crippen molar-refractivity contribution >= 4 is 22.5 Å². The van der Waals surface area contributed by atoms with Gasteiger partial charge in [-0.1, -0.05) is 110 Å². The second kappa shape index (κ2) is 17.1. The Hall–Kier alpha value is -5.51. The smallest absolute Gasteiger partial charge is 0.319 e. The molecular weight excluding hydrogens is 675 g/mol. The summed E-state index contributed by atoms with van der Waals surface area (Å²) in [5.41, 5.74) is 5.68. The van der Waals surface area contributed by atoms with E-state index in [1.165, 1.54) is 16.3 Å². The van der Waals surface area contributed by atoms with Gasteiger partial charge in [-0.2, -0.15) is 0 Å². The van der Waals surface area contributed by atoms with Gasteiger partial charge in [-0.05, 0) is 89.5 Å². The molecule has 8 nitrogen and oxygen atoms in total. The second-order valence-corrected chi connectivity index (χ2v) is 14.0. The number of carbonyl (C=O) groups is 1. The quantitative estimate of drug-likeness (QED) is 0.117. The van der Waals surface area contributed by atoms with Crippen LogP contribution in [-0.4, -0.2) is 35.7 Å². The summed E-state index contributed by atoms with van der Waals surface area (Å²) < 4.78 is 19.3. The Morgan fingerprint density at radius 3 is 2.13 bits per heavy atom. The van der Waals surface area contributed by atoms with Crippen molar-refractivity contribution in [1.82, 2.24) is 10.2 Å². The number of nitrogens with one attached hydrogen (secondary N) is 2. The number of hydrogen-bond acceptors (Lipinski definition) is 6. The number of aliphatic hydroxyl groups excluding tert-OH is 1. The Bertz CT molecular complexity index is 2120. The first-order valence-corrected chi connectivity index (χ1v) is 18.5. The van der Waals surface area contributed by atoms with Gasteiger partial charge in [-0.25, -0.2) is 4.79 Å². The van der Waals surface area contributed by atoms with Crippen molar-refractivity contribution in [3.8, 4) is 11.5 Å². The third-order valence-corrected chi connectivity index (χ3v) is 10.3. The van der Waals surface area contributed by atoms with Gasteiger partial charge in [0.1, 0.15) is 11.5 Å². The molecule has 1 aliphatic heterocycles. The van der Waals surface area contributed by atoms with Gasteiger partial charge in [0.25, 0.3) is 0 Å². The van der Waals surface area contributed by atoms with Crippen LogP contribution in [0, 0.1) is 5.92 Å². The number of urea groups is 1. The fourth-order valence-corrected chi connectivity index (χ4v) is 6.87. The van der Waals surface area contributed by atoms with E-state index in [9.17, 15) is 9.90 Å². The highest BCUT2D eigenvalue weighted by molar-refractivity contribution is 5.89. The van der Waals surface area contributed by atoms with Gasteiger partial charge in [0, 0.05) is 36.3 Å². The van der Waals surface area contributed by atoms with Crippen LogP contribution in [0.3, 0.4) is 0 Å². The van der Waals surface area contributed by atoms with Crippen LogP contribution in [0.25, 0.3) is 10.8 Å². The average Bonchev–Trinajstić information content (AvgIpc) is 3.21. The van der Waals surface area contributed by atoms with Crippen molar-refractivity contribution in [2.24, 2.45) is 5.92 Å². The molecule has 6 aromatic rings. The third kappa shape index (κ3) is 8.98. The monoisotopic (exact) mass is 721 g/mol. The molecule has 1 aliphatic rings. The zero-order valence-electron chi connectivity index (χ0n) is 30.9. The van der Waals surface area contributed by atoms with Gasteiger partial charge in [0.15, 0.2) is 6.29 Å². The minimum Gasteiger partial charge on any atom is -0.457 e. The van der Waals surface area contributed by atoms with Crippen LogP contribution in [0.2, 0.25) is 0 Å². The molecule has 0 unspecified atom stereocenters. The zero-order valence-corrected chi connectivity index (χ0v) is 30.9. The molecule has 0 saturated carbocycles. The summed E-state index contributed by atoms with van der Waals surface area (Å²) in [6, 6.07) is 47.8. The molecule has 1 fully saturated rings. The summed E-state index contributed by atoms with van der Waals surface area (Å²) in [5.74, 6) is 1.50. The van der Waals surface area contributed by atoms with Gasteiger partial charge < -0.3 is 30.0 Å². The predicted molar refractivity (Wildman–Crippen MR) is 213 cm³/mol. The maximum Gasteiger partial charge on any atom is 0.319 e. The van der Waals surface area contributed by atoms with E-state index < -0.39 is 6.29 Å². The van der Waals surface area contributed by atoms with Gasteiger partial charge >= 0.3 is 6.03 Å². The minimum absolute atomic E-state index is 0.00620. The number of para-hydroxylation sites is 1. The molecule has 0 aliphatic carbocycles. The molecule has 0 spiro atoms. The number of anilines is 1. The van der Waals surface area contributed by atoms with Crippen molar-refractivity contribution in [3.05, 3.63) is 173 Å². The predicted octanol–water partition coefficient (Wildman–Crippen LogP) is 9.93. The number of benzene rings is 6. The molecule has 1 saturated heterocycles. The van der Waals surface area contributed by atoms with Crippen LogP contribution >= 0.6 is 0 Å². The molecule has 2 amide bonds. The highest BCUT2D eigenvalue weighted by Gasteiger charge is 2.39. The number of carbonyl (C=O) groups excluding carboxylic acids is 1. The van der Waals surface area contributed by atoms with E-state index in [2.05, 4.69) is 78.9 Å². The van der Waals surface area contributed by atoms with E-state index in [1.807, 2.05) is 91.0 Å². The molecule has 3 N–H and O–H groups in total. The first kappa shape index (κ1) is 36.8. The Balaban J connectivity index is 0.998. The number of rotatable bonds is 12. The minimum atomic E-state index is -0.586. The number of fused-ring (bicyclic) bond motifs is 1. The molecule has 7 rings (SSSR count). The van der Waals surface area contributed by atoms with Crippen LogP contribution in [0.1, 0.15) is 60.1 Å². The lowest BCUT2D eigenvalue weighted by Crippen LogP contribution is -2.44. The molecule has 0 radical (unpaired) electrons. The van der Waals surface area contributed by atoms with E-state index in [4.69, 9.17) is 14.2 Å². The number of hydrogen-bond donors (Lipinski definition) is 3. The van der Waals surface area contributed by atoms with Gasteiger partial charge in [0.05, 0.1) is 18.8 Å². The SMILES string of the molecule is C[C@@H]1[C@H](CN(C)[C@H](C)c2ccc3ccccc3c2)O[C@H](c2ccc(CNC(=O)Nc3ccc(Oc4ccccc4)cc3)cc2)O[C@@H]1c1ccc(CO)cc1. The van der Waals surface area contributed by atoms with Crippen LogP contribution in [0.5, 0.6) is 11.5 Å². The Labute approximate surface area is 317 Å². The molecule has 0 aromatic heterocycles. The first-order chi connectivity index (χ1) is 26.3. The van der Waals surface area contributed by atoms with Gasteiger partial charge in [-0.15, -0.1) is 0 Å². The van der Waals surface area contributed by atoms with Crippen LogP contribution < -0.4 is 15.4 Å². The first-order valence-electron chi connectivity index (χ1n) is 18.5. The molecular formula is C46H47N3O5. The summed E-state index contributed by atoms with van der Waals surface area (Å²) in [7, 11) is 2.15. The molecule has 54 heavy (non-hydrogen) atoms. The lowest BCUT2D eigenvalue weighted by atomic mass is 9.89. The maximum atomic E-state index is 12.7. The number of amides is 2. The van der Waals surface area contributed by atoms with Crippen molar-refractivity contribution in [2.45, 2.75) is 51.5 Å². The Morgan fingerprint density at radius 1 is 0.759 bits per heavy atom. The number of likely N-dealkylation sites (N-methyl/N-ethyl adjacent to an activating group) is 1. The molecule has 6 aromatic carbocycles. The van der Waals surface area contributed by atoms with Crippen LogP contribution in [-0.2, 0) is 22.6 Å². The number of aliphatic hydroxyl groups is 1. The molecule has 8 heteroatoms. The van der Waals surface area contributed by atoms with Gasteiger partial charge in [-0.3, -0.25) is 4.90 Å². The lowest BCUT2D eigenvalue weighted by molar-refractivity contribution is -0.276. The molecule has 0 bridgehead atoms. The number of ether oxygens (including phenoxy) is 3. The second-order valence-electron chi connectivity index (χ2n) is 14.0. The van der Waals surface area contributed by atoms with Crippen LogP contribution in [0.4, 0.5) is 10.5 Å². The standard InChI is InChI=1S/C46H47N3O5/c1-31-43(29-49(3)32(2)38-22-21-35-9-7-8-10-39(35)27-38)53-45(54-44(31)36-17-15-34(30-50)16-18-36)37-19-13-33(14-20-37)28-47-46(51)48-40-23-25-42(26-24-40)52-41-11-5-4-6-12-41/h4-27,31-32,43-45,50H,28-30H2,1-3H3,(H2,47,48,51)/t31-,32-,43+,44+,45+/m1/s1. The van der Waals surface area contributed by atoms with Crippen LogP contribution in [0.15, 0.2) is 146 Å². The summed E-state index contributed by atoms with van der Waals surface area (Å²) in [6.45, 7) is 5.48. The lowest BCUT2D eigenvalue weighted by Gasteiger charge is -2.43. The third-order valence-electron chi connectivity index (χ3n) is 10.3. The summed E-state index contributed by atoms with van der Waals surface area (Å²) >= 11 is 0.